The maximum atomic E-state index is 6.15. The fourth-order valence-corrected chi connectivity index (χ4v) is 1.83. The lowest BCUT2D eigenvalue weighted by atomic mass is 9.94. The van der Waals surface area contributed by atoms with Gasteiger partial charge in [0.05, 0.1) is 17.7 Å². The van der Waals surface area contributed by atoms with Crippen molar-refractivity contribution in [2.75, 3.05) is 14.2 Å². The number of halogens is 1. The summed E-state index contributed by atoms with van der Waals surface area (Å²) in [7, 11) is 3.28. The molecule has 0 heterocycles. The van der Waals surface area contributed by atoms with Crippen LogP contribution in [0.15, 0.2) is 18.2 Å². The van der Waals surface area contributed by atoms with E-state index in [4.69, 9.17) is 26.8 Å². The van der Waals surface area contributed by atoms with Gasteiger partial charge in [0.1, 0.15) is 5.75 Å². The minimum atomic E-state index is -0.244. The van der Waals surface area contributed by atoms with Crippen LogP contribution in [0.4, 0.5) is 0 Å². The van der Waals surface area contributed by atoms with Gasteiger partial charge in [-0.1, -0.05) is 17.7 Å². The van der Waals surface area contributed by atoms with E-state index in [-0.39, 0.29) is 11.6 Å². The second-order valence-electron chi connectivity index (χ2n) is 4.67. The summed E-state index contributed by atoms with van der Waals surface area (Å²) < 4.78 is 10.5. The van der Waals surface area contributed by atoms with E-state index in [0.717, 1.165) is 12.0 Å². The second kappa shape index (κ2) is 5.71. The zero-order valence-electron chi connectivity index (χ0n) is 10.8. The molecule has 1 aromatic rings. The molecule has 1 rings (SSSR count). The summed E-state index contributed by atoms with van der Waals surface area (Å²) in [6.45, 7) is 4.03. The van der Waals surface area contributed by atoms with Crippen molar-refractivity contribution in [3.05, 3.63) is 28.8 Å². The van der Waals surface area contributed by atoms with E-state index in [1.165, 1.54) is 0 Å². The van der Waals surface area contributed by atoms with E-state index in [0.29, 0.717) is 10.8 Å². The topological polar surface area (TPSA) is 44.5 Å². The highest BCUT2D eigenvalue weighted by molar-refractivity contribution is 6.32. The molecule has 0 aliphatic rings. The van der Waals surface area contributed by atoms with Gasteiger partial charge in [-0.2, -0.15) is 0 Å². The first kappa shape index (κ1) is 14.3. The largest absolute Gasteiger partial charge is 0.495 e. The molecule has 17 heavy (non-hydrogen) atoms. The average molecular weight is 258 g/mol. The van der Waals surface area contributed by atoms with Crippen LogP contribution in [0.3, 0.4) is 0 Å². The van der Waals surface area contributed by atoms with Crippen molar-refractivity contribution in [2.24, 2.45) is 5.73 Å². The zero-order valence-corrected chi connectivity index (χ0v) is 11.5. The first-order chi connectivity index (χ1) is 7.89. The highest BCUT2D eigenvalue weighted by Crippen LogP contribution is 2.30. The molecule has 0 saturated heterocycles. The number of methoxy groups -OCH3 is 2. The van der Waals surface area contributed by atoms with Crippen LogP contribution in [0.25, 0.3) is 0 Å². The normalized spacial score (nSPS) is 13.5. The highest BCUT2D eigenvalue weighted by atomic mass is 35.5. The Kier molecular flexibility index (Phi) is 4.80. The van der Waals surface area contributed by atoms with Gasteiger partial charge < -0.3 is 15.2 Å². The van der Waals surface area contributed by atoms with Gasteiger partial charge in [0.2, 0.25) is 0 Å². The van der Waals surface area contributed by atoms with Gasteiger partial charge in [0, 0.05) is 13.2 Å². The standard InChI is InChI=1S/C13H20ClNO2/c1-13(2,17-4)8-11(15)9-5-6-10(14)12(7-9)16-3/h5-7,11H,8,15H2,1-4H3. The lowest BCUT2D eigenvalue weighted by Gasteiger charge is -2.26. The summed E-state index contributed by atoms with van der Waals surface area (Å²) in [4.78, 5) is 0. The molecule has 0 aromatic heterocycles. The lowest BCUT2D eigenvalue weighted by molar-refractivity contribution is 0.00994. The van der Waals surface area contributed by atoms with Crippen LogP contribution < -0.4 is 10.5 Å². The van der Waals surface area contributed by atoms with Crippen molar-refractivity contribution < 1.29 is 9.47 Å². The molecular formula is C13H20ClNO2. The Labute approximate surface area is 108 Å². The Morgan fingerprint density at radius 1 is 1.35 bits per heavy atom. The summed E-state index contributed by atoms with van der Waals surface area (Å²) in [5, 5.41) is 0.592. The summed E-state index contributed by atoms with van der Waals surface area (Å²) in [5.74, 6) is 0.648. The molecule has 0 radical (unpaired) electrons. The van der Waals surface area contributed by atoms with E-state index in [9.17, 15) is 0 Å². The third kappa shape index (κ3) is 3.87. The molecular weight excluding hydrogens is 238 g/mol. The molecule has 0 spiro atoms. The molecule has 1 unspecified atom stereocenters. The Balaban J connectivity index is 2.86. The third-order valence-electron chi connectivity index (χ3n) is 2.87. The minimum absolute atomic E-state index is 0.101. The Morgan fingerprint density at radius 3 is 2.53 bits per heavy atom. The van der Waals surface area contributed by atoms with Gasteiger partial charge in [-0.15, -0.1) is 0 Å². The molecule has 3 nitrogen and oxygen atoms in total. The van der Waals surface area contributed by atoms with Gasteiger partial charge in [-0.25, -0.2) is 0 Å². The van der Waals surface area contributed by atoms with Crippen molar-refractivity contribution >= 4 is 11.6 Å². The van der Waals surface area contributed by atoms with Crippen LogP contribution in [0.1, 0.15) is 31.9 Å². The molecule has 4 heteroatoms. The molecule has 0 aliphatic heterocycles. The van der Waals surface area contributed by atoms with Crippen molar-refractivity contribution in [3.8, 4) is 5.75 Å². The lowest BCUT2D eigenvalue weighted by Crippen LogP contribution is -2.28. The van der Waals surface area contributed by atoms with Crippen LogP contribution in [-0.4, -0.2) is 19.8 Å². The fourth-order valence-electron chi connectivity index (χ4n) is 1.64. The van der Waals surface area contributed by atoms with Crippen molar-refractivity contribution in [3.63, 3.8) is 0 Å². The zero-order chi connectivity index (χ0) is 13.1. The number of hydrogen-bond acceptors (Lipinski definition) is 3. The number of nitrogens with two attached hydrogens (primary N) is 1. The van der Waals surface area contributed by atoms with E-state index in [1.807, 2.05) is 26.0 Å². The maximum Gasteiger partial charge on any atom is 0.137 e. The molecule has 0 bridgehead atoms. The summed E-state index contributed by atoms with van der Waals surface area (Å²) in [5.41, 5.74) is 6.90. The van der Waals surface area contributed by atoms with E-state index >= 15 is 0 Å². The number of hydrogen-bond donors (Lipinski definition) is 1. The third-order valence-corrected chi connectivity index (χ3v) is 3.18. The van der Waals surface area contributed by atoms with Gasteiger partial charge in [0.15, 0.2) is 0 Å². The van der Waals surface area contributed by atoms with Crippen LogP contribution in [0.5, 0.6) is 5.75 Å². The van der Waals surface area contributed by atoms with Crippen molar-refractivity contribution in [1.82, 2.24) is 0 Å². The Bertz CT molecular complexity index is 380. The molecule has 1 atom stereocenters. The van der Waals surface area contributed by atoms with Gasteiger partial charge in [-0.3, -0.25) is 0 Å². The van der Waals surface area contributed by atoms with E-state index < -0.39 is 0 Å². The van der Waals surface area contributed by atoms with Crippen LogP contribution in [-0.2, 0) is 4.74 Å². The highest BCUT2D eigenvalue weighted by Gasteiger charge is 2.22. The van der Waals surface area contributed by atoms with E-state index in [2.05, 4.69) is 0 Å². The smallest absolute Gasteiger partial charge is 0.137 e. The van der Waals surface area contributed by atoms with Crippen LogP contribution in [0, 0.1) is 0 Å². The number of benzene rings is 1. The monoisotopic (exact) mass is 257 g/mol. The summed E-state index contributed by atoms with van der Waals surface area (Å²) in [6.07, 6.45) is 0.730. The first-order valence-electron chi connectivity index (χ1n) is 5.54. The van der Waals surface area contributed by atoms with Gasteiger partial charge in [-0.05, 0) is 38.0 Å². The molecule has 1 aromatic carbocycles. The summed E-state index contributed by atoms with van der Waals surface area (Å²) >= 11 is 5.97. The molecule has 0 amide bonds. The predicted octanol–water partition coefficient (Wildman–Crippen LogP) is 3.16. The number of rotatable bonds is 5. The van der Waals surface area contributed by atoms with Crippen molar-refractivity contribution in [2.45, 2.75) is 31.9 Å². The molecule has 96 valence electrons. The Hall–Kier alpha value is -0.770. The molecule has 0 saturated carbocycles. The van der Waals surface area contributed by atoms with Gasteiger partial charge >= 0.3 is 0 Å². The quantitative estimate of drug-likeness (QED) is 0.881. The average Bonchev–Trinajstić information content (AvgIpc) is 2.29. The first-order valence-corrected chi connectivity index (χ1v) is 5.91. The van der Waals surface area contributed by atoms with Gasteiger partial charge in [0.25, 0.3) is 0 Å². The Morgan fingerprint density at radius 2 is 2.00 bits per heavy atom. The predicted molar refractivity (Wildman–Crippen MR) is 70.6 cm³/mol. The molecule has 0 fully saturated rings. The molecule has 0 aliphatic carbocycles. The second-order valence-corrected chi connectivity index (χ2v) is 5.08. The molecule has 2 N–H and O–H groups in total. The SMILES string of the molecule is COc1cc(C(N)CC(C)(C)OC)ccc1Cl. The minimum Gasteiger partial charge on any atom is -0.495 e. The van der Waals surface area contributed by atoms with E-state index in [1.54, 1.807) is 20.3 Å². The summed E-state index contributed by atoms with van der Waals surface area (Å²) in [6, 6.07) is 5.49. The maximum absolute atomic E-state index is 6.15. The van der Waals surface area contributed by atoms with Crippen LogP contribution >= 0.6 is 11.6 Å². The van der Waals surface area contributed by atoms with Crippen LogP contribution in [0.2, 0.25) is 5.02 Å². The van der Waals surface area contributed by atoms with Crippen molar-refractivity contribution in [1.29, 1.82) is 0 Å². The number of ether oxygens (including phenoxy) is 2. The fraction of sp³-hybridized carbons (Fsp3) is 0.538.